The smallest absolute Gasteiger partial charge is 0.0348 e. The van der Waals surface area contributed by atoms with Crippen LogP contribution in [0, 0.1) is 0 Å². The second-order valence-electron chi connectivity index (χ2n) is 5.11. The van der Waals surface area contributed by atoms with E-state index < -0.39 is 0 Å². The third-order valence-electron chi connectivity index (χ3n) is 3.16. The molecule has 0 N–H and O–H groups in total. The van der Waals surface area contributed by atoms with Crippen LogP contribution in [-0.2, 0) is 0 Å². The summed E-state index contributed by atoms with van der Waals surface area (Å²) < 4.78 is 0. The fraction of sp³-hybridized carbons (Fsp3) is 0.579. The average molecular weight is 260 g/mol. The Kier molecular flexibility index (Phi) is 14.2. The average Bonchev–Trinajstić information content (AvgIpc) is 2.42. The number of rotatable bonds is 11. The van der Waals surface area contributed by atoms with Gasteiger partial charge in [0.1, 0.15) is 0 Å². The lowest BCUT2D eigenvalue weighted by atomic mass is 10.1. The second kappa shape index (κ2) is 15.0. The molecule has 0 aliphatic rings. The molecule has 0 rings (SSSR count). The van der Waals surface area contributed by atoms with E-state index in [1.165, 1.54) is 56.9 Å². The van der Waals surface area contributed by atoms with E-state index >= 15 is 0 Å². The Balaban J connectivity index is 3.33. The zero-order valence-electron chi connectivity index (χ0n) is 13.2. The van der Waals surface area contributed by atoms with Gasteiger partial charge in [-0.1, -0.05) is 73.8 Å². The van der Waals surface area contributed by atoms with Crippen molar-refractivity contribution in [2.45, 2.75) is 72.1 Å². The third kappa shape index (κ3) is 14.9. The normalized spacial score (nSPS) is 13.3. The molecule has 0 fully saturated rings. The standard InChI is InChI=1S/C19H32/c1-4-6-8-9-10-11-12-13-14-15-16-18-19(3)17-7-5-2/h4-7,16-18H,8-15H2,1-3H3. The fourth-order valence-corrected chi connectivity index (χ4v) is 1.97. The highest BCUT2D eigenvalue weighted by Crippen LogP contribution is 2.09. The molecule has 0 aliphatic heterocycles. The fourth-order valence-electron chi connectivity index (χ4n) is 1.97. The van der Waals surface area contributed by atoms with Gasteiger partial charge < -0.3 is 0 Å². The molecule has 0 aliphatic carbocycles. The van der Waals surface area contributed by atoms with E-state index in [1.54, 1.807) is 0 Å². The molecule has 0 aromatic heterocycles. The van der Waals surface area contributed by atoms with Crippen molar-refractivity contribution in [3.05, 3.63) is 48.1 Å². The van der Waals surface area contributed by atoms with Crippen molar-refractivity contribution in [3.8, 4) is 0 Å². The minimum absolute atomic E-state index is 1.22. The number of unbranched alkanes of at least 4 members (excludes halogenated alkanes) is 7. The predicted octanol–water partition coefficient (Wildman–Crippen LogP) is 6.76. The van der Waals surface area contributed by atoms with Crippen molar-refractivity contribution in [2.75, 3.05) is 0 Å². The molecular weight excluding hydrogens is 228 g/mol. The minimum atomic E-state index is 1.22. The Morgan fingerprint density at radius 2 is 1.32 bits per heavy atom. The summed E-state index contributed by atoms with van der Waals surface area (Å²) in [6, 6.07) is 0. The Bertz CT molecular complexity index is 289. The molecule has 0 heterocycles. The summed E-state index contributed by atoms with van der Waals surface area (Å²) in [7, 11) is 0. The SMILES string of the molecule is CC=CC=C(C)C=CCCCCCCCCC=CC. The Morgan fingerprint density at radius 3 is 1.89 bits per heavy atom. The Morgan fingerprint density at radius 1 is 0.737 bits per heavy atom. The lowest BCUT2D eigenvalue weighted by Crippen LogP contribution is -1.79. The topological polar surface area (TPSA) is 0 Å². The van der Waals surface area contributed by atoms with Gasteiger partial charge in [0.2, 0.25) is 0 Å². The van der Waals surface area contributed by atoms with Crippen molar-refractivity contribution >= 4 is 0 Å². The van der Waals surface area contributed by atoms with Gasteiger partial charge in [-0.3, -0.25) is 0 Å². The third-order valence-corrected chi connectivity index (χ3v) is 3.16. The molecule has 0 heteroatoms. The van der Waals surface area contributed by atoms with E-state index in [2.05, 4.69) is 56.4 Å². The van der Waals surface area contributed by atoms with E-state index in [0.29, 0.717) is 0 Å². The van der Waals surface area contributed by atoms with Crippen LogP contribution in [0.25, 0.3) is 0 Å². The molecule has 19 heavy (non-hydrogen) atoms. The largest absolute Gasteiger partial charge is 0.0917 e. The van der Waals surface area contributed by atoms with Crippen LogP contribution >= 0.6 is 0 Å². The van der Waals surface area contributed by atoms with Gasteiger partial charge in [0.05, 0.1) is 0 Å². The van der Waals surface area contributed by atoms with Gasteiger partial charge in [0, 0.05) is 0 Å². The van der Waals surface area contributed by atoms with Crippen molar-refractivity contribution in [1.29, 1.82) is 0 Å². The predicted molar refractivity (Wildman–Crippen MR) is 89.5 cm³/mol. The van der Waals surface area contributed by atoms with Crippen LogP contribution in [0.1, 0.15) is 72.1 Å². The molecule has 0 atom stereocenters. The molecular formula is C19H32. The molecule has 0 saturated carbocycles. The molecule has 0 aromatic rings. The van der Waals surface area contributed by atoms with E-state index in [9.17, 15) is 0 Å². The summed E-state index contributed by atoms with van der Waals surface area (Å²) in [6.07, 6.45) is 26.0. The van der Waals surface area contributed by atoms with Gasteiger partial charge in [0.25, 0.3) is 0 Å². The zero-order valence-corrected chi connectivity index (χ0v) is 13.2. The molecule has 0 bridgehead atoms. The van der Waals surface area contributed by atoms with E-state index in [4.69, 9.17) is 0 Å². The van der Waals surface area contributed by atoms with Crippen LogP contribution in [0.2, 0.25) is 0 Å². The van der Waals surface area contributed by atoms with Crippen LogP contribution in [-0.4, -0.2) is 0 Å². The monoisotopic (exact) mass is 260 g/mol. The highest BCUT2D eigenvalue weighted by Gasteiger charge is 1.89. The van der Waals surface area contributed by atoms with Crippen molar-refractivity contribution in [3.63, 3.8) is 0 Å². The Hall–Kier alpha value is -1.04. The maximum absolute atomic E-state index is 2.31. The van der Waals surface area contributed by atoms with Gasteiger partial charge in [-0.15, -0.1) is 0 Å². The molecule has 108 valence electrons. The summed E-state index contributed by atoms with van der Waals surface area (Å²) >= 11 is 0. The molecule has 0 amide bonds. The summed E-state index contributed by atoms with van der Waals surface area (Å²) in [5.41, 5.74) is 1.34. The van der Waals surface area contributed by atoms with E-state index in [0.717, 1.165) is 0 Å². The first-order valence-corrected chi connectivity index (χ1v) is 7.88. The lowest BCUT2D eigenvalue weighted by molar-refractivity contribution is 0.600. The van der Waals surface area contributed by atoms with Crippen molar-refractivity contribution in [1.82, 2.24) is 0 Å². The molecule has 0 saturated heterocycles. The van der Waals surface area contributed by atoms with Gasteiger partial charge in [-0.05, 0) is 46.5 Å². The molecule has 0 aromatic carbocycles. The van der Waals surface area contributed by atoms with Gasteiger partial charge in [0.15, 0.2) is 0 Å². The first-order valence-electron chi connectivity index (χ1n) is 7.88. The van der Waals surface area contributed by atoms with Gasteiger partial charge in [-0.25, -0.2) is 0 Å². The number of allylic oxidation sites excluding steroid dienone is 8. The lowest BCUT2D eigenvalue weighted by Gasteiger charge is -1.99. The quantitative estimate of drug-likeness (QED) is 0.219. The van der Waals surface area contributed by atoms with Crippen molar-refractivity contribution in [2.24, 2.45) is 0 Å². The van der Waals surface area contributed by atoms with Crippen LogP contribution < -0.4 is 0 Å². The summed E-state index contributed by atoms with van der Waals surface area (Å²) in [6.45, 7) is 6.30. The van der Waals surface area contributed by atoms with Crippen LogP contribution in [0.5, 0.6) is 0 Å². The number of hydrogen-bond donors (Lipinski definition) is 0. The van der Waals surface area contributed by atoms with E-state index in [-0.39, 0.29) is 0 Å². The highest BCUT2D eigenvalue weighted by molar-refractivity contribution is 5.21. The minimum Gasteiger partial charge on any atom is -0.0917 e. The molecule has 0 radical (unpaired) electrons. The molecule has 0 spiro atoms. The molecule has 0 nitrogen and oxygen atoms in total. The van der Waals surface area contributed by atoms with Crippen molar-refractivity contribution < 1.29 is 0 Å². The molecule has 0 unspecified atom stereocenters. The van der Waals surface area contributed by atoms with Crippen LogP contribution in [0.15, 0.2) is 48.1 Å². The highest BCUT2D eigenvalue weighted by atomic mass is 14.0. The second-order valence-corrected chi connectivity index (χ2v) is 5.11. The first-order chi connectivity index (χ1) is 9.31. The summed E-state index contributed by atoms with van der Waals surface area (Å²) in [5, 5.41) is 0. The first kappa shape index (κ1) is 18.0. The maximum Gasteiger partial charge on any atom is -0.0348 e. The van der Waals surface area contributed by atoms with Gasteiger partial charge in [-0.2, -0.15) is 0 Å². The Labute approximate surface area is 121 Å². The summed E-state index contributed by atoms with van der Waals surface area (Å²) in [5.74, 6) is 0. The van der Waals surface area contributed by atoms with E-state index in [1.807, 2.05) is 6.92 Å². The van der Waals surface area contributed by atoms with Crippen LogP contribution in [0.4, 0.5) is 0 Å². The van der Waals surface area contributed by atoms with Crippen LogP contribution in [0.3, 0.4) is 0 Å². The van der Waals surface area contributed by atoms with Gasteiger partial charge >= 0.3 is 0 Å². The summed E-state index contributed by atoms with van der Waals surface area (Å²) in [4.78, 5) is 0. The maximum atomic E-state index is 2.31. The zero-order chi connectivity index (χ0) is 14.2. The number of hydrogen-bond acceptors (Lipinski definition) is 0.